The van der Waals surface area contributed by atoms with E-state index in [-0.39, 0.29) is 11.9 Å². The number of fused-ring (bicyclic) bond motifs is 1. The molecule has 1 unspecified atom stereocenters. The van der Waals surface area contributed by atoms with Crippen molar-refractivity contribution in [3.63, 3.8) is 0 Å². The van der Waals surface area contributed by atoms with Crippen LogP contribution in [0.15, 0.2) is 12.1 Å². The molecule has 0 fully saturated rings. The summed E-state index contributed by atoms with van der Waals surface area (Å²) in [5.41, 5.74) is 10.5. The molecular formula is C13H18N2O. The molecule has 3 nitrogen and oxygen atoms in total. The van der Waals surface area contributed by atoms with Crippen LogP contribution >= 0.6 is 0 Å². The molecule has 0 saturated heterocycles. The van der Waals surface area contributed by atoms with Gasteiger partial charge in [0.1, 0.15) is 0 Å². The number of hydrogen-bond acceptors (Lipinski definition) is 2. The van der Waals surface area contributed by atoms with Crippen molar-refractivity contribution in [2.75, 3.05) is 5.32 Å². The third kappa shape index (κ3) is 1.95. The van der Waals surface area contributed by atoms with Crippen LogP contribution in [-0.4, -0.2) is 5.91 Å². The minimum atomic E-state index is -0.0429. The molecule has 0 aromatic heterocycles. The largest absolute Gasteiger partial charge is 0.326 e. The lowest BCUT2D eigenvalue weighted by Crippen LogP contribution is -2.22. The molecule has 1 aromatic rings. The van der Waals surface area contributed by atoms with Crippen LogP contribution in [0.2, 0.25) is 0 Å². The molecule has 0 saturated carbocycles. The molecule has 1 amide bonds. The van der Waals surface area contributed by atoms with Gasteiger partial charge in [0.25, 0.3) is 0 Å². The minimum Gasteiger partial charge on any atom is -0.326 e. The van der Waals surface area contributed by atoms with Gasteiger partial charge in [-0.25, -0.2) is 0 Å². The number of carbonyl (C=O) groups is 1. The molecular weight excluding hydrogens is 200 g/mol. The quantitative estimate of drug-likeness (QED) is 0.799. The molecule has 1 atom stereocenters. The Bertz CT molecular complexity index is 424. The summed E-state index contributed by atoms with van der Waals surface area (Å²) in [7, 11) is 0. The van der Waals surface area contributed by atoms with Gasteiger partial charge in [0.15, 0.2) is 0 Å². The van der Waals surface area contributed by atoms with Crippen LogP contribution < -0.4 is 11.1 Å². The van der Waals surface area contributed by atoms with Gasteiger partial charge in [0, 0.05) is 18.2 Å². The summed E-state index contributed by atoms with van der Waals surface area (Å²) in [5, 5.41) is 2.94. The molecule has 0 radical (unpaired) electrons. The second kappa shape index (κ2) is 4.26. The van der Waals surface area contributed by atoms with Gasteiger partial charge in [0.05, 0.1) is 0 Å². The Morgan fingerprint density at radius 3 is 2.81 bits per heavy atom. The van der Waals surface area contributed by atoms with Crippen molar-refractivity contribution >= 4 is 11.6 Å². The standard InChI is InChI=1S/C13H18N2O/c1-3-9-6-10-4-5-12(16)15-13(10)11(7-9)8(2)14/h6-8H,3-5,14H2,1-2H3,(H,15,16). The highest BCUT2D eigenvalue weighted by Gasteiger charge is 2.20. The highest BCUT2D eigenvalue weighted by molar-refractivity contribution is 5.95. The fourth-order valence-electron chi connectivity index (χ4n) is 2.16. The minimum absolute atomic E-state index is 0.0429. The molecule has 86 valence electrons. The van der Waals surface area contributed by atoms with Crippen LogP contribution in [0.4, 0.5) is 5.69 Å². The molecule has 1 aliphatic rings. The van der Waals surface area contributed by atoms with Crippen molar-refractivity contribution in [3.05, 3.63) is 28.8 Å². The summed E-state index contributed by atoms with van der Waals surface area (Å²) < 4.78 is 0. The highest BCUT2D eigenvalue weighted by Crippen LogP contribution is 2.31. The molecule has 3 heteroatoms. The van der Waals surface area contributed by atoms with Crippen LogP contribution in [0.25, 0.3) is 0 Å². The second-order valence-corrected chi connectivity index (χ2v) is 4.41. The van der Waals surface area contributed by atoms with Crippen LogP contribution in [0.5, 0.6) is 0 Å². The molecule has 0 spiro atoms. The predicted molar refractivity (Wildman–Crippen MR) is 65.4 cm³/mol. The average Bonchev–Trinajstić information content (AvgIpc) is 2.27. The SMILES string of the molecule is CCc1cc2c(c(C(C)N)c1)NC(=O)CC2. The van der Waals surface area contributed by atoms with E-state index in [0.29, 0.717) is 6.42 Å². The van der Waals surface area contributed by atoms with Crippen LogP contribution in [-0.2, 0) is 17.6 Å². The molecule has 1 aliphatic heterocycles. The normalized spacial score (nSPS) is 16.6. The van der Waals surface area contributed by atoms with Crippen molar-refractivity contribution in [1.82, 2.24) is 0 Å². The van der Waals surface area contributed by atoms with Gasteiger partial charge in [-0.05, 0) is 36.5 Å². The Morgan fingerprint density at radius 1 is 1.44 bits per heavy atom. The van der Waals surface area contributed by atoms with Gasteiger partial charge < -0.3 is 11.1 Å². The number of benzene rings is 1. The topological polar surface area (TPSA) is 55.1 Å². The zero-order chi connectivity index (χ0) is 11.7. The fourth-order valence-corrected chi connectivity index (χ4v) is 2.16. The smallest absolute Gasteiger partial charge is 0.224 e. The summed E-state index contributed by atoms with van der Waals surface area (Å²) in [5.74, 6) is 0.0960. The summed E-state index contributed by atoms with van der Waals surface area (Å²) in [6.45, 7) is 4.09. The number of rotatable bonds is 2. The van der Waals surface area contributed by atoms with E-state index in [1.165, 1.54) is 11.1 Å². The van der Waals surface area contributed by atoms with Crippen LogP contribution in [0, 0.1) is 0 Å². The molecule has 1 aromatic carbocycles. The van der Waals surface area contributed by atoms with E-state index in [9.17, 15) is 4.79 Å². The van der Waals surface area contributed by atoms with Gasteiger partial charge >= 0.3 is 0 Å². The van der Waals surface area contributed by atoms with E-state index in [1.54, 1.807) is 0 Å². The number of nitrogens with two attached hydrogens (primary N) is 1. The maximum Gasteiger partial charge on any atom is 0.224 e. The van der Waals surface area contributed by atoms with Crippen molar-refractivity contribution in [1.29, 1.82) is 0 Å². The summed E-state index contributed by atoms with van der Waals surface area (Å²) >= 11 is 0. The number of anilines is 1. The first-order chi connectivity index (χ1) is 7.61. The third-order valence-corrected chi connectivity index (χ3v) is 3.09. The summed E-state index contributed by atoms with van der Waals surface area (Å²) in [6.07, 6.45) is 2.41. The third-order valence-electron chi connectivity index (χ3n) is 3.09. The molecule has 1 heterocycles. The Morgan fingerprint density at radius 2 is 2.19 bits per heavy atom. The Balaban J connectivity index is 2.53. The monoisotopic (exact) mass is 218 g/mol. The lowest BCUT2D eigenvalue weighted by molar-refractivity contribution is -0.116. The summed E-state index contributed by atoms with van der Waals surface area (Å²) in [6, 6.07) is 4.24. The molecule has 16 heavy (non-hydrogen) atoms. The zero-order valence-electron chi connectivity index (χ0n) is 9.84. The number of carbonyl (C=O) groups excluding carboxylic acids is 1. The molecule has 0 bridgehead atoms. The maximum absolute atomic E-state index is 11.4. The van der Waals surface area contributed by atoms with E-state index in [0.717, 1.165) is 24.1 Å². The Kier molecular flexibility index (Phi) is 2.97. The molecule has 0 aliphatic carbocycles. The second-order valence-electron chi connectivity index (χ2n) is 4.41. The maximum atomic E-state index is 11.4. The summed E-state index contributed by atoms with van der Waals surface area (Å²) in [4.78, 5) is 11.4. The lowest BCUT2D eigenvalue weighted by atomic mass is 9.92. The highest BCUT2D eigenvalue weighted by atomic mass is 16.1. The van der Waals surface area contributed by atoms with E-state index in [1.807, 2.05) is 6.92 Å². The zero-order valence-corrected chi connectivity index (χ0v) is 9.84. The molecule has 3 N–H and O–H groups in total. The van der Waals surface area contributed by atoms with E-state index >= 15 is 0 Å². The first-order valence-corrected chi connectivity index (χ1v) is 5.83. The van der Waals surface area contributed by atoms with E-state index in [4.69, 9.17) is 5.73 Å². The van der Waals surface area contributed by atoms with Crippen molar-refractivity contribution in [2.24, 2.45) is 5.73 Å². The van der Waals surface area contributed by atoms with Crippen molar-refractivity contribution < 1.29 is 4.79 Å². The van der Waals surface area contributed by atoms with E-state index in [2.05, 4.69) is 24.4 Å². The van der Waals surface area contributed by atoms with Crippen LogP contribution in [0.3, 0.4) is 0 Å². The lowest BCUT2D eigenvalue weighted by Gasteiger charge is -2.23. The van der Waals surface area contributed by atoms with Gasteiger partial charge in [-0.2, -0.15) is 0 Å². The van der Waals surface area contributed by atoms with Gasteiger partial charge in [0.2, 0.25) is 5.91 Å². The Hall–Kier alpha value is -1.35. The van der Waals surface area contributed by atoms with Crippen LogP contribution in [0.1, 0.15) is 43.0 Å². The number of nitrogens with one attached hydrogen (secondary N) is 1. The van der Waals surface area contributed by atoms with Gasteiger partial charge in [-0.3, -0.25) is 4.79 Å². The Labute approximate surface area is 96.0 Å². The number of amides is 1. The van der Waals surface area contributed by atoms with Gasteiger partial charge in [-0.15, -0.1) is 0 Å². The average molecular weight is 218 g/mol. The van der Waals surface area contributed by atoms with Crippen molar-refractivity contribution in [2.45, 2.75) is 39.2 Å². The van der Waals surface area contributed by atoms with Gasteiger partial charge in [-0.1, -0.05) is 19.1 Å². The van der Waals surface area contributed by atoms with Crippen molar-refractivity contribution in [3.8, 4) is 0 Å². The fraction of sp³-hybridized carbons (Fsp3) is 0.462. The predicted octanol–water partition coefficient (Wildman–Crippen LogP) is 2.15. The molecule has 2 rings (SSSR count). The first-order valence-electron chi connectivity index (χ1n) is 5.83. The van der Waals surface area contributed by atoms with E-state index < -0.39 is 0 Å². The number of aryl methyl sites for hydroxylation is 2. The number of hydrogen-bond donors (Lipinski definition) is 2. The first kappa shape index (κ1) is 11.1.